The number of aliphatic carboxylic acids is 1. The van der Waals surface area contributed by atoms with Crippen LogP contribution in [0.25, 0.3) is 0 Å². The van der Waals surface area contributed by atoms with Crippen molar-refractivity contribution < 1.29 is 28.2 Å². The van der Waals surface area contributed by atoms with Crippen LogP contribution in [0.3, 0.4) is 0 Å². The molecule has 25 heavy (non-hydrogen) atoms. The van der Waals surface area contributed by atoms with E-state index in [-0.39, 0.29) is 30.1 Å². The van der Waals surface area contributed by atoms with E-state index in [1.165, 1.54) is 7.11 Å². The summed E-state index contributed by atoms with van der Waals surface area (Å²) in [4.78, 5) is 24.5. The van der Waals surface area contributed by atoms with Gasteiger partial charge in [-0.1, -0.05) is 6.92 Å². The third-order valence-electron chi connectivity index (χ3n) is 4.20. The molecule has 138 valence electrons. The monoisotopic (exact) mass is 357 g/mol. The summed E-state index contributed by atoms with van der Waals surface area (Å²) in [6.45, 7) is 2.43. The Morgan fingerprint density at radius 3 is 2.56 bits per heavy atom. The highest BCUT2D eigenvalue weighted by atomic mass is 19.1. The number of rotatable bonds is 7. The number of carboxylic acid groups (broad SMARTS) is 1. The van der Waals surface area contributed by atoms with Gasteiger partial charge in [-0.15, -0.1) is 0 Å². The average Bonchev–Trinajstić information content (AvgIpc) is 2.51. The minimum Gasteiger partial charge on any atom is -0.494 e. The first kappa shape index (κ1) is 18.9. The van der Waals surface area contributed by atoms with Gasteiger partial charge in [0.25, 0.3) is 0 Å². The molecule has 0 aromatic heterocycles. The molecule has 0 atom stereocenters. The van der Waals surface area contributed by atoms with Crippen LogP contribution >= 0.6 is 0 Å². The number of hydrogen-bond acceptors (Lipinski definition) is 4. The van der Waals surface area contributed by atoms with Crippen molar-refractivity contribution in [3.63, 3.8) is 0 Å². The van der Waals surface area contributed by atoms with E-state index in [0.717, 1.165) is 12.1 Å². The molecule has 1 aromatic rings. The van der Waals surface area contributed by atoms with Crippen LogP contribution in [-0.2, 0) is 4.79 Å². The summed E-state index contributed by atoms with van der Waals surface area (Å²) < 4.78 is 32.0. The summed E-state index contributed by atoms with van der Waals surface area (Å²) in [6, 6.07) is 1.01. The number of carbonyl (C=O) groups is 2. The molecule has 0 spiro atoms. The molecule has 0 radical (unpaired) electrons. The number of nitrogens with one attached hydrogen (secondary N) is 2. The maximum Gasteiger partial charge on any atom is 0.319 e. The highest BCUT2D eigenvalue weighted by Gasteiger charge is 2.34. The zero-order chi connectivity index (χ0) is 18.6. The minimum absolute atomic E-state index is 0.0452. The first-order valence-electron chi connectivity index (χ1n) is 7.90. The molecule has 0 aliphatic heterocycles. The van der Waals surface area contributed by atoms with Crippen molar-refractivity contribution in [2.45, 2.75) is 31.8 Å². The highest BCUT2D eigenvalue weighted by molar-refractivity contribution is 5.89. The van der Waals surface area contributed by atoms with Gasteiger partial charge in [0.15, 0.2) is 17.4 Å². The van der Waals surface area contributed by atoms with Gasteiger partial charge in [0, 0.05) is 24.2 Å². The Bertz CT molecular complexity index is 651. The number of carbonyl (C=O) groups excluding carboxylic acids is 1. The quantitative estimate of drug-likeness (QED) is 0.695. The minimum atomic E-state index is -0.895. The number of halogens is 2. The molecule has 0 unspecified atom stereocenters. The standard InChI is InChI=1S/C16H21F2N3O4/c1-3-21(8-15(22)23)10-4-9(5-10)19-16(24)20-13-6-12(18)14(25-2)7-11(13)17/h6-7,9-10H,3-5,8H2,1-2H3,(H,22,23)(H2,19,20,24). The lowest BCUT2D eigenvalue weighted by Crippen LogP contribution is -2.55. The molecular weight excluding hydrogens is 336 g/mol. The number of methoxy groups -OCH3 is 1. The number of urea groups is 1. The number of ether oxygens (including phenoxy) is 1. The predicted molar refractivity (Wildman–Crippen MR) is 86.8 cm³/mol. The Labute approximate surface area is 143 Å². The molecule has 1 aromatic carbocycles. The Morgan fingerprint density at radius 1 is 1.32 bits per heavy atom. The van der Waals surface area contributed by atoms with Crippen LogP contribution in [0, 0.1) is 11.6 Å². The smallest absolute Gasteiger partial charge is 0.319 e. The number of anilines is 1. The predicted octanol–water partition coefficient (Wildman–Crippen LogP) is 2.03. The molecule has 9 heteroatoms. The van der Waals surface area contributed by atoms with Crippen LogP contribution in [0.2, 0.25) is 0 Å². The second-order valence-electron chi connectivity index (χ2n) is 5.84. The van der Waals surface area contributed by atoms with Gasteiger partial charge in [-0.25, -0.2) is 13.6 Å². The summed E-state index contributed by atoms with van der Waals surface area (Å²) in [5.41, 5.74) is -0.285. The first-order valence-corrected chi connectivity index (χ1v) is 7.90. The first-order chi connectivity index (χ1) is 11.8. The van der Waals surface area contributed by atoms with Crippen LogP contribution in [0.15, 0.2) is 12.1 Å². The fourth-order valence-corrected chi connectivity index (χ4v) is 2.80. The van der Waals surface area contributed by atoms with Gasteiger partial charge < -0.3 is 20.5 Å². The largest absolute Gasteiger partial charge is 0.494 e. The number of hydrogen-bond donors (Lipinski definition) is 3. The van der Waals surface area contributed by atoms with E-state index in [1.54, 1.807) is 0 Å². The molecular formula is C16H21F2N3O4. The lowest BCUT2D eigenvalue weighted by molar-refractivity contribution is -0.139. The number of likely N-dealkylation sites (N-methyl/N-ethyl adjacent to an activating group) is 1. The van der Waals surface area contributed by atoms with Gasteiger partial charge in [0.2, 0.25) is 0 Å². The molecule has 0 heterocycles. The summed E-state index contributed by atoms with van der Waals surface area (Å²) in [5, 5.41) is 13.8. The second-order valence-corrected chi connectivity index (χ2v) is 5.84. The average molecular weight is 357 g/mol. The molecule has 2 rings (SSSR count). The third kappa shape index (κ3) is 4.79. The normalized spacial score (nSPS) is 19.2. The van der Waals surface area contributed by atoms with Gasteiger partial charge in [-0.05, 0) is 19.4 Å². The van der Waals surface area contributed by atoms with Crippen LogP contribution in [0.4, 0.5) is 19.3 Å². The van der Waals surface area contributed by atoms with Crippen LogP contribution in [-0.4, -0.2) is 54.3 Å². The van der Waals surface area contributed by atoms with Crippen molar-refractivity contribution >= 4 is 17.7 Å². The zero-order valence-corrected chi connectivity index (χ0v) is 14.0. The highest BCUT2D eigenvalue weighted by Crippen LogP contribution is 2.27. The molecule has 7 nitrogen and oxygen atoms in total. The fraction of sp³-hybridized carbons (Fsp3) is 0.500. The molecule has 1 saturated carbocycles. The molecule has 3 N–H and O–H groups in total. The van der Waals surface area contributed by atoms with E-state index < -0.39 is 23.6 Å². The topological polar surface area (TPSA) is 90.9 Å². The van der Waals surface area contributed by atoms with Crippen molar-refractivity contribution in [3.8, 4) is 5.75 Å². The van der Waals surface area contributed by atoms with Gasteiger partial charge in [-0.2, -0.15) is 0 Å². The maximum absolute atomic E-state index is 13.8. The van der Waals surface area contributed by atoms with E-state index in [2.05, 4.69) is 15.4 Å². The van der Waals surface area contributed by atoms with Gasteiger partial charge in [0.1, 0.15) is 0 Å². The van der Waals surface area contributed by atoms with Crippen molar-refractivity contribution in [1.29, 1.82) is 0 Å². The summed E-state index contributed by atoms with van der Waals surface area (Å²) >= 11 is 0. The van der Waals surface area contributed by atoms with E-state index in [4.69, 9.17) is 5.11 Å². The number of benzene rings is 1. The van der Waals surface area contributed by atoms with E-state index in [9.17, 15) is 18.4 Å². The number of carboxylic acids is 1. The zero-order valence-electron chi connectivity index (χ0n) is 14.0. The van der Waals surface area contributed by atoms with Crippen molar-refractivity contribution in [2.24, 2.45) is 0 Å². The SMILES string of the molecule is CCN(CC(=O)O)C1CC(NC(=O)Nc2cc(F)c(OC)cc2F)C1. The van der Waals surface area contributed by atoms with E-state index in [1.807, 2.05) is 11.8 Å². The van der Waals surface area contributed by atoms with E-state index in [0.29, 0.717) is 19.4 Å². The molecule has 1 fully saturated rings. The Balaban J connectivity index is 1.84. The lowest BCUT2D eigenvalue weighted by Gasteiger charge is -2.42. The summed E-state index contributed by atoms with van der Waals surface area (Å²) in [6.07, 6.45) is 1.21. The Hall–Kier alpha value is -2.42. The molecule has 0 saturated heterocycles. The summed E-state index contributed by atoms with van der Waals surface area (Å²) in [5.74, 6) is -2.73. The molecule has 1 aliphatic rings. The van der Waals surface area contributed by atoms with Crippen molar-refractivity contribution in [3.05, 3.63) is 23.8 Å². The van der Waals surface area contributed by atoms with Gasteiger partial charge in [0.05, 0.1) is 19.3 Å². The van der Waals surface area contributed by atoms with Crippen LogP contribution in [0.5, 0.6) is 5.75 Å². The Kier molecular flexibility index (Phi) is 6.13. The van der Waals surface area contributed by atoms with Gasteiger partial charge in [-0.3, -0.25) is 9.69 Å². The molecule has 2 amide bonds. The maximum atomic E-state index is 13.8. The summed E-state index contributed by atoms with van der Waals surface area (Å²) in [7, 11) is 1.22. The third-order valence-corrected chi connectivity index (χ3v) is 4.20. The number of nitrogens with zero attached hydrogens (tertiary/aromatic N) is 1. The second kappa shape index (κ2) is 8.11. The fourth-order valence-electron chi connectivity index (χ4n) is 2.80. The van der Waals surface area contributed by atoms with Gasteiger partial charge >= 0.3 is 12.0 Å². The number of amides is 2. The van der Waals surface area contributed by atoms with Crippen LogP contribution < -0.4 is 15.4 Å². The van der Waals surface area contributed by atoms with Crippen molar-refractivity contribution in [1.82, 2.24) is 10.2 Å². The molecule has 1 aliphatic carbocycles. The molecule has 0 bridgehead atoms. The van der Waals surface area contributed by atoms with Crippen molar-refractivity contribution in [2.75, 3.05) is 25.5 Å². The Morgan fingerprint density at radius 2 is 2.00 bits per heavy atom. The van der Waals surface area contributed by atoms with Crippen LogP contribution in [0.1, 0.15) is 19.8 Å². The lowest BCUT2D eigenvalue weighted by atomic mass is 9.85. The van der Waals surface area contributed by atoms with E-state index >= 15 is 0 Å².